The van der Waals surface area contributed by atoms with Crippen molar-refractivity contribution in [3.05, 3.63) is 48.0 Å². The van der Waals surface area contributed by atoms with Crippen LogP contribution in [-0.4, -0.2) is 8.07 Å². The van der Waals surface area contributed by atoms with E-state index in [1.165, 1.54) is 17.2 Å². The summed E-state index contributed by atoms with van der Waals surface area (Å²) in [6.45, 7) is 16.0. The molecular formula is C16H26Si. The molecule has 1 heteroatoms. The highest BCUT2D eigenvalue weighted by molar-refractivity contribution is 6.79. The molecule has 1 aromatic rings. The van der Waals surface area contributed by atoms with Gasteiger partial charge in [0.15, 0.2) is 0 Å². The van der Waals surface area contributed by atoms with Crippen LogP contribution >= 0.6 is 0 Å². The van der Waals surface area contributed by atoms with E-state index in [1.54, 1.807) is 0 Å². The van der Waals surface area contributed by atoms with E-state index < -0.39 is 8.07 Å². The lowest BCUT2D eigenvalue weighted by Crippen LogP contribution is -2.40. The van der Waals surface area contributed by atoms with Crippen molar-refractivity contribution in [2.75, 3.05) is 0 Å². The Morgan fingerprint density at radius 1 is 1.12 bits per heavy atom. The first-order chi connectivity index (χ1) is 7.78. The van der Waals surface area contributed by atoms with Gasteiger partial charge < -0.3 is 0 Å². The molecule has 0 fully saturated rings. The van der Waals surface area contributed by atoms with Crippen LogP contribution in [0.1, 0.15) is 31.9 Å². The van der Waals surface area contributed by atoms with Crippen LogP contribution < -0.4 is 0 Å². The van der Waals surface area contributed by atoms with Gasteiger partial charge >= 0.3 is 0 Å². The molecule has 0 saturated carbocycles. The largest absolute Gasteiger partial charge is 0.103 e. The molecule has 1 aromatic carbocycles. The van der Waals surface area contributed by atoms with Crippen molar-refractivity contribution < 1.29 is 0 Å². The standard InChI is InChI=1S/C16H26Si/c1-7-10-14-11-8-9-12-15(14)13-17(5,6)16(2,3)4/h7-9,11-12H,1,10,13H2,2-6H3. The Labute approximate surface area is 108 Å². The molecule has 0 bridgehead atoms. The van der Waals surface area contributed by atoms with Crippen molar-refractivity contribution in [3.63, 3.8) is 0 Å². The molecular weight excluding hydrogens is 220 g/mol. The van der Waals surface area contributed by atoms with E-state index in [2.05, 4.69) is 64.7 Å². The number of hydrogen-bond donors (Lipinski definition) is 0. The highest BCUT2D eigenvalue weighted by atomic mass is 28.3. The third-order valence-corrected chi connectivity index (χ3v) is 9.47. The molecule has 0 aliphatic carbocycles. The highest BCUT2D eigenvalue weighted by Gasteiger charge is 2.35. The topological polar surface area (TPSA) is 0 Å². The molecule has 0 atom stereocenters. The van der Waals surface area contributed by atoms with Crippen LogP contribution in [0.15, 0.2) is 36.9 Å². The lowest BCUT2D eigenvalue weighted by atomic mass is 10.1. The normalized spacial score (nSPS) is 12.5. The van der Waals surface area contributed by atoms with E-state index in [0.717, 1.165) is 6.42 Å². The molecule has 0 amide bonds. The Morgan fingerprint density at radius 2 is 1.65 bits per heavy atom. The molecule has 0 spiro atoms. The lowest BCUT2D eigenvalue weighted by molar-refractivity contribution is 0.713. The zero-order valence-corrected chi connectivity index (χ0v) is 13.0. The Hall–Kier alpha value is -0.823. The summed E-state index contributed by atoms with van der Waals surface area (Å²) in [5.41, 5.74) is 2.98. The Kier molecular flexibility index (Phi) is 4.37. The first-order valence-electron chi connectivity index (χ1n) is 6.45. The van der Waals surface area contributed by atoms with Gasteiger partial charge in [-0.1, -0.05) is 64.2 Å². The third kappa shape index (κ3) is 3.57. The van der Waals surface area contributed by atoms with Crippen molar-refractivity contribution in [3.8, 4) is 0 Å². The van der Waals surface area contributed by atoms with Crippen LogP contribution in [0.4, 0.5) is 0 Å². The minimum atomic E-state index is -1.24. The van der Waals surface area contributed by atoms with Gasteiger partial charge in [0.1, 0.15) is 0 Å². The van der Waals surface area contributed by atoms with Crippen molar-refractivity contribution in [1.29, 1.82) is 0 Å². The summed E-state index contributed by atoms with van der Waals surface area (Å²) in [5, 5.41) is 0.453. The Balaban J connectivity index is 2.99. The molecule has 0 aliphatic heterocycles. The maximum Gasteiger partial charge on any atom is 0.0571 e. The van der Waals surface area contributed by atoms with E-state index >= 15 is 0 Å². The van der Waals surface area contributed by atoms with Crippen LogP contribution in [-0.2, 0) is 12.5 Å². The van der Waals surface area contributed by atoms with Gasteiger partial charge in [-0.25, -0.2) is 0 Å². The highest BCUT2D eigenvalue weighted by Crippen LogP contribution is 2.38. The van der Waals surface area contributed by atoms with E-state index in [-0.39, 0.29) is 0 Å². The first kappa shape index (κ1) is 14.2. The third-order valence-electron chi connectivity index (χ3n) is 4.15. The van der Waals surface area contributed by atoms with Crippen LogP contribution in [0, 0.1) is 0 Å². The van der Waals surface area contributed by atoms with Gasteiger partial charge in [0, 0.05) is 0 Å². The van der Waals surface area contributed by atoms with Crippen molar-refractivity contribution >= 4 is 8.07 Å². The number of hydrogen-bond acceptors (Lipinski definition) is 0. The molecule has 0 aliphatic rings. The second-order valence-electron chi connectivity index (χ2n) is 6.57. The van der Waals surface area contributed by atoms with Crippen molar-refractivity contribution in [2.45, 2.75) is 51.4 Å². The molecule has 0 N–H and O–H groups in total. The average Bonchev–Trinajstić information content (AvgIpc) is 2.19. The van der Waals surface area contributed by atoms with Gasteiger partial charge in [0.2, 0.25) is 0 Å². The van der Waals surface area contributed by atoms with Gasteiger partial charge in [0.25, 0.3) is 0 Å². The predicted molar refractivity (Wildman–Crippen MR) is 81.2 cm³/mol. The number of rotatable bonds is 4. The fourth-order valence-corrected chi connectivity index (χ4v) is 3.65. The molecule has 1 rings (SSSR count). The van der Waals surface area contributed by atoms with Crippen LogP contribution in [0.25, 0.3) is 0 Å². The van der Waals surface area contributed by atoms with Gasteiger partial charge in [0.05, 0.1) is 8.07 Å². The quantitative estimate of drug-likeness (QED) is 0.518. The molecule has 0 nitrogen and oxygen atoms in total. The van der Waals surface area contributed by atoms with Crippen molar-refractivity contribution in [2.24, 2.45) is 0 Å². The maximum atomic E-state index is 3.85. The monoisotopic (exact) mass is 246 g/mol. The van der Waals surface area contributed by atoms with Gasteiger partial charge in [-0.05, 0) is 28.6 Å². The number of allylic oxidation sites excluding steroid dienone is 1. The van der Waals surface area contributed by atoms with Gasteiger partial charge in [-0.2, -0.15) is 0 Å². The fraction of sp³-hybridized carbons (Fsp3) is 0.500. The summed E-state index contributed by atoms with van der Waals surface area (Å²) in [6, 6.07) is 10.1. The second kappa shape index (κ2) is 5.22. The van der Waals surface area contributed by atoms with E-state index in [0.29, 0.717) is 5.04 Å². The SMILES string of the molecule is C=CCc1ccccc1C[Si](C)(C)C(C)(C)C. The summed E-state index contributed by atoms with van der Waals surface area (Å²) in [6.07, 6.45) is 3.00. The summed E-state index contributed by atoms with van der Waals surface area (Å²) >= 11 is 0. The van der Waals surface area contributed by atoms with Crippen LogP contribution in [0.3, 0.4) is 0 Å². The van der Waals surface area contributed by atoms with E-state index in [4.69, 9.17) is 0 Å². The molecule has 0 radical (unpaired) electrons. The summed E-state index contributed by atoms with van der Waals surface area (Å²) in [4.78, 5) is 0. The molecule has 0 unspecified atom stereocenters. The fourth-order valence-electron chi connectivity index (χ4n) is 1.83. The van der Waals surface area contributed by atoms with Gasteiger partial charge in [-0.15, -0.1) is 6.58 Å². The van der Waals surface area contributed by atoms with Crippen LogP contribution in [0.5, 0.6) is 0 Å². The lowest BCUT2D eigenvalue weighted by Gasteiger charge is -2.37. The van der Waals surface area contributed by atoms with Crippen molar-refractivity contribution in [1.82, 2.24) is 0 Å². The molecule has 17 heavy (non-hydrogen) atoms. The average molecular weight is 246 g/mol. The zero-order chi connectivity index (χ0) is 13.1. The molecule has 0 saturated heterocycles. The summed E-state index contributed by atoms with van der Waals surface area (Å²) < 4.78 is 0. The number of benzene rings is 1. The Bertz CT molecular complexity index is 383. The molecule has 0 heterocycles. The smallest absolute Gasteiger partial charge is 0.0571 e. The van der Waals surface area contributed by atoms with E-state index in [1.807, 2.05) is 6.08 Å². The second-order valence-corrected chi connectivity index (χ2v) is 12.2. The van der Waals surface area contributed by atoms with E-state index in [9.17, 15) is 0 Å². The Morgan fingerprint density at radius 3 is 2.12 bits per heavy atom. The zero-order valence-electron chi connectivity index (χ0n) is 12.0. The van der Waals surface area contributed by atoms with Crippen LogP contribution in [0.2, 0.25) is 18.1 Å². The predicted octanol–water partition coefficient (Wildman–Crippen LogP) is 5.01. The maximum absolute atomic E-state index is 3.85. The van der Waals surface area contributed by atoms with Gasteiger partial charge in [-0.3, -0.25) is 0 Å². The first-order valence-corrected chi connectivity index (χ1v) is 9.66. The minimum absolute atomic E-state index is 0.453. The molecule has 0 aromatic heterocycles. The summed E-state index contributed by atoms with van der Waals surface area (Å²) in [7, 11) is -1.24. The minimum Gasteiger partial charge on any atom is -0.103 e. The summed E-state index contributed by atoms with van der Waals surface area (Å²) in [5.74, 6) is 0. The molecule has 94 valence electrons.